The van der Waals surface area contributed by atoms with Gasteiger partial charge in [0.25, 0.3) is 0 Å². The zero-order chi connectivity index (χ0) is 16.0. The number of hydrogen-bond acceptors (Lipinski definition) is 4. The van der Waals surface area contributed by atoms with Crippen LogP contribution in [0.2, 0.25) is 0 Å². The summed E-state index contributed by atoms with van der Waals surface area (Å²) >= 11 is 6.47. The van der Waals surface area contributed by atoms with Gasteiger partial charge >= 0.3 is 0 Å². The molecule has 4 rings (SSSR count). The Morgan fingerprint density at radius 1 is 1.30 bits per heavy atom. The van der Waals surface area contributed by atoms with Crippen LogP contribution in [-0.4, -0.2) is 32.9 Å². The Balaban J connectivity index is 1.70. The molecule has 0 radical (unpaired) electrons. The second-order valence-corrected chi connectivity index (χ2v) is 6.60. The van der Waals surface area contributed by atoms with Crippen LogP contribution in [0.15, 0.2) is 44.8 Å². The van der Waals surface area contributed by atoms with Gasteiger partial charge in [-0.15, -0.1) is 0 Å². The molecule has 1 aromatic heterocycles. The summed E-state index contributed by atoms with van der Waals surface area (Å²) in [6.45, 7) is 4.16. The molecular formula is C17H18ClN5. The summed E-state index contributed by atoms with van der Waals surface area (Å²) in [5, 5.41) is 4.94. The lowest BCUT2D eigenvalue weighted by atomic mass is 10.0. The molecule has 0 saturated heterocycles. The van der Waals surface area contributed by atoms with E-state index < -0.39 is 0 Å². The van der Waals surface area contributed by atoms with Gasteiger partial charge in [-0.2, -0.15) is 5.10 Å². The average molecular weight is 328 g/mol. The highest BCUT2D eigenvalue weighted by molar-refractivity contribution is 6.86. The number of rotatable bonds is 1. The highest BCUT2D eigenvalue weighted by Gasteiger charge is 2.33. The Morgan fingerprint density at radius 3 is 3.04 bits per heavy atom. The predicted molar refractivity (Wildman–Crippen MR) is 94.3 cm³/mol. The molecule has 0 bridgehead atoms. The van der Waals surface area contributed by atoms with Gasteiger partial charge in [-0.3, -0.25) is 4.99 Å². The van der Waals surface area contributed by atoms with E-state index in [2.05, 4.69) is 40.2 Å². The van der Waals surface area contributed by atoms with E-state index in [9.17, 15) is 0 Å². The Kier molecular flexibility index (Phi) is 3.53. The molecular weight excluding hydrogens is 310 g/mol. The molecule has 1 aliphatic carbocycles. The molecule has 1 aromatic rings. The molecule has 0 spiro atoms. The van der Waals surface area contributed by atoms with Crippen LogP contribution in [-0.2, 0) is 0 Å². The Bertz CT molecular complexity index is 796. The molecule has 0 N–H and O–H groups in total. The zero-order valence-corrected chi connectivity index (χ0v) is 13.9. The van der Waals surface area contributed by atoms with Crippen LogP contribution in [0.1, 0.15) is 31.6 Å². The van der Waals surface area contributed by atoms with Crippen molar-refractivity contribution in [3.05, 3.63) is 35.6 Å². The van der Waals surface area contributed by atoms with Gasteiger partial charge in [-0.05, 0) is 31.3 Å². The molecule has 0 amide bonds. The molecule has 118 valence electrons. The maximum atomic E-state index is 6.47. The third-order valence-electron chi connectivity index (χ3n) is 4.32. The lowest BCUT2D eigenvalue weighted by Crippen LogP contribution is -2.33. The Hall–Kier alpha value is -2.01. The molecule has 5 nitrogen and oxygen atoms in total. The topological polar surface area (TPSA) is 54.9 Å². The summed E-state index contributed by atoms with van der Waals surface area (Å²) in [5.74, 6) is 1.35. The Labute approximate surface area is 140 Å². The van der Waals surface area contributed by atoms with E-state index in [4.69, 9.17) is 16.6 Å². The molecule has 3 unspecified atom stereocenters. The van der Waals surface area contributed by atoms with E-state index in [0.29, 0.717) is 11.1 Å². The molecule has 6 heteroatoms. The number of allylic oxidation sites excluding steroid dienone is 4. The van der Waals surface area contributed by atoms with E-state index in [-0.39, 0.29) is 12.2 Å². The Morgan fingerprint density at radius 2 is 2.17 bits per heavy atom. The van der Waals surface area contributed by atoms with Gasteiger partial charge in [-0.1, -0.05) is 36.8 Å². The van der Waals surface area contributed by atoms with E-state index in [0.717, 1.165) is 35.6 Å². The quantitative estimate of drug-likeness (QED) is 0.724. The average Bonchev–Trinajstić information content (AvgIpc) is 2.78. The van der Waals surface area contributed by atoms with Crippen molar-refractivity contribution in [1.29, 1.82) is 0 Å². The standard InChI is InChI=1S/C17H18ClN5/c1-10-4-3-5-12(7-6-10)15-16(18)21-17-13(20-15)9-19-14-8-11(2)22-23(14)17/h3-4,7-10,13,17H,5-6H2,1-2H3. The number of aryl methyl sites for hydroxylation is 1. The monoisotopic (exact) mass is 327 g/mol. The summed E-state index contributed by atoms with van der Waals surface area (Å²) in [4.78, 5) is 13.9. The number of aliphatic imine (C=N–C) groups is 3. The third-order valence-corrected chi connectivity index (χ3v) is 4.59. The second kappa shape index (κ2) is 5.57. The van der Waals surface area contributed by atoms with Crippen molar-refractivity contribution in [3.8, 4) is 0 Å². The largest absolute Gasteiger partial charge is 0.268 e. The van der Waals surface area contributed by atoms with Gasteiger partial charge in [0.1, 0.15) is 6.04 Å². The fraction of sp³-hybridized carbons (Fsp3) is 0.412. The molecule has 23 heavy (non-hydrogen) atoms. The van der Waals surface area contributed by atoms with Crippen LogP contribution in [0.5, 0.6) is 0 Å². The van der Waals surface area contributed by atoms with Crippen LogP contribution in [0, 0.1) is 12.8 Å². The predicted octanol–water partition coefficient (Wildman–Crippen LogP) is 3.78. The van der Waals surface area contributed by atoms with Crippen LogP contribution >= 0.6 is 11.6 Å². The lowest BCUT2D eigenvalue weighted by Gasteiger charge is -2.27. The van der Waals surface area contributed by atoms with E-state index >= 15 is 0 Å². The summed E-state index contributed by atoms with van der Waals surface area (Å²) in [6, 6.07) is 1.79. The van der Waals surface area contributed by atoms with Gasteiger partial charge in [-0.25, -0.2) is 14.7 Å². The van der Waals surface area contributed by atoms with Gasteiger partial charge < -0.3 is 0 Å². The fourth-order valence-corrected chi connectivity index (χ4v) is 3.38. The fourth-order valence-electron chi connectivity index (χ4n) is 3.11. The first-order valence-corrected chi connectivity index (χ1v) is 8.27. The zero-order valence-electron chi connectivity index (χ0n) is 13.1. The van der Waals surface area contributed by atoms with E-state index in [1.54, 1.807) is 0 Å². The minimum atomic E-state index is -0.228. The smallest absolute Gasteiger partial charge is 0.172 e. The van der Waals surface area contributed by atoms with E-state index in [1.165, 1.54) is 0 Å². The molecule has 2 aliphatic heterocycles. The first kappa shape index (κ1) is 14.6. The molecule has 0 aromatic carbocycles. The van der Waals surface area contributed by atoms with Gasteiger partial charge in [0, 0.05) is 12.3 Å². The maximum Gasteiger partial charge on any atom is 0.172 e. The van der Waals surface area contributed by atoms with Crippen molar-refractivity contribution in [2.24, 2.45) is 20.9 Å². The van der Waals surface area contributed by atoms with Crippen molar-refractivity contribution in [2.75, 3.05) is 0 Å². The van der Waals surface area contributed by atoms with Crippen molar-refractivity contribution in [3.63, 3.8) is 0 Å². The van der Waals surface area contributed by atoms with Crippen LogP contribution in [0.25, 0.3) is 0 Å². The van der Waals surface area contributed by atoms with Crippen molar-refractivity contribution < 1.29 is 0 Å². The second-order valence-electron chi connectivity index (χ2n) is 6.24. The molecule has 0 saturated carbocycles. The molecule has 3 atom stereocenters. The van der Waals surface area contributed by atoms with E-state index in [1.807, 2.05) is 23.9 Å². The van der Waals surface area contributed by atoms with Gasteiger partial charge in [0.2, 0.25) is 0 Å². The summed E-state index contributed by atoms with van der Waals surface area (Å²) in [5.41, 5.74) is 2.86. The molecule has 3 heterocycles. The number of halogens is 1. The van der Waals surface area contributed by atoms with Crippen molar-refractivity contribution >= 4 is 34.5 Å². The first-order valence-electron chi connectivity index (χ1n) is 7.89. The third kappa shape index (κ3) is 2.59. The lowest BCUT2D eigenvalue weighted by molar-refractivity contribution is 0.441. The first-order chi connectivity index (χ1) is 11.1. The molecule has 0 fully saturated rings. The molecule has 3 aliphatic rings. The highest BCUT2D eigenvalue weighted by Crippen LogP contribution is 2.32. The maximum absolute atomic E-state index is 6.47. The number of fused-ring (bicyclic) bond motifs is 3. The van der Waals surface area contributed by atoms with Gasteiger partial charge in [0.15, 0.2) is 17.2 Å². The summed E-state index contributed by atoms with van der Waals surface area (Å²) in [6.07, 6.45) is 10.1. The SMILES string of the molecule is Cc1cc2n(n1)C1N=C(Cl)C(C3=CCC(C)C=CC3)=NC1C=N2. The summed E-state index contributed by atoms with van der Waals surface area (Å²) in [7, 11) is 0. The number of nitrogens with zero attached hydrogens (tertiary/aromatic N) is 5. The van der Waals surface area contributed by atoms with Crippen molar-refractivity contribution in [2.45, 2.75) is 38.9 Å². The van der Waals surface area contributed by atoms with Crippen molar-refractivity contribution in [1.82, 2.24) is 9.78 Å². The normalized spacial score (nSPS) is 29.2. The van der Waals surface area contributed by atoms with Crippen LogP contribution in [0.3, 0.4) is 0 Å². The summed E-state index contributed by atoms with van der Waals surface area (Å²) < 4.78 is 1.81. The minimum Gasteiger partial charge on any atom is -0.268 e. The van der Waals surface area contributed by atoms with Gasteiger partial charge in [0.05, 0.1) is 11.4 Å². The van der Waals surface area contributed by atoms with Crippen LogP contribution in [0.4, 0.5) is 5.82 Å². The highest BCUT2D eigenvalue weighted by atomic mass is 35.5. The van der Waals surface area contributed by atoms with Crippen LogP contribution < -0.4 is 0 Å². The number of hydrogen-bond donors (Lipinski definition) is 0. The number of aromatic nitrogens is 2. The minimum absolute atomic E-state index is 0.148.